The van der Waals surface area contributed by atoms with Crippen LogP contribution in [0, 0.1) is 11.6 Å². The average Bonchev–Trinajstić information content (AvgIpc) is 2.64. The van der Waals surface area contributed by atoms with Gasteiger partial charge in [0.25, 0.3) is 0 Å². The van der Waals surface area contributed by atoms with E-state index in [9.17, 15) is 8.78 Å². The Kier molecular flexibility index (Phi) is 2.92. The Morgan fingerprint density at radius 1 is 1.25 bits per heavy atom. The van der Waals surface area contributed by atoms with Crippen molar-refractivity contribution in [3.63, 3.8) is 0 Å². The lowest BCUT2D eigenvalue weighted by atomic mass is 10.1. The van der Waals surface area contributed by atoms with Crippen LogP contribution in [0.2, 0.25) is 0 Å². The molecule has 1 N–H and O–H groups in total. The molecule has 1 heterocycles. The lowest BCUT2D eigenvalue weighted by Gasteiger charge is -1.98. The van der Waals surface area contributed by atoms with Gasteiger partial charge in [0.2, 0.25) is 0 Å². The number of fused-ring (bicyclic) bond motifs is 1. The normalized spacial score (nSPS) is 11.2. The molecule has 1 aromatic carbocycles. The lowest BCUT2D eigenvalue weighted by molar-refractivity contribution is 0.501. The Labute approximate surface area is 92.2 Å². The summed E-state index contributed by atoms with van der Waals surface area (Å²) in [4.78, 5) is 0. The van der Waals surface area contributed by atoms with Crippen LogP contribution in [0.5, 0.6) is 0 Å². The van der Waals surface area contributed by atoms with Gasteiger partial charge in [-0.15, -0.1) is 0 Å². The number of furan rings is 1. The number of halogens is 2. The molecule has 0 unspecified atom stereocenters. The maximum absolute atomic E-state index is 13.6. The zero-order valence-corrected chi connectivity index (χ0v) is 9.23. The van der Waals surface area contributed by atoms with Gasteiger partial charge in [0.1, 0.15) is 11.6 Å². The van der Waals surface area contributed by atoms with Crippen molar-refractivity contribution in [2.45, 2.75) is 19.9 Å². The molecule has 0 radical (unpaired) electrons. The quantitative estimate of drug-likeness (QED) is 0.868. The van der Waals surface area contributed by atoms with Crippen LogP contribution in [-0.2, 0) is 13.0 Å². The third-order valence-electron chi connectivity index (χ3n) is 2.61. The summed E-state index contributed by atoms with van der Waals surface area (Å²) < 4.78 is 32.4. The Hall–Kier alpha value is -1.42. The summed E-state index contributed by atoms with van der Waals surface area (Å²) in [6, 6.07) is 2.22. The van der Waals surface area contributed by atoms with Crippen molar-refractivity contribution in [1.29, 1.82) is 0 Å². The van der Waals surface area contributed by atoms with Gasteiger partial charge < -0.3 is 9.73 Å². The Morgan fingerprint density at radius 2 is 1.94 bits per heavy atom. The highest BCUT2D eigenvalue weighted by atomic mass is 19.1. The van der Waals surface area contributed by atoms with E-state index in [1.807, 2.05) is 6.92 Å². The highest BCUT2D eigenvalue weighted by Crippen LogP contribution is 2.30. The van der Waals surface area contributed by atoms with Crippen molar-refractivity contribution >= 4 is 11.0 Å². The summed E-state index contributed by atoms with van der Waals surface area (Å²) in [5.41, 5.74) is 0.753. The van der Waals surface area contributed by atoms with Crippen LogP contribution < -0.4 is 5.32 Å². The minimum absolute atomic E-state index is 0.0158. The molecule has 0 saturated heterocycles. The zero-order chi connectivity index (χ0) is 11.7. The Bertz CT molecular complexity index is 519. The van der Waals surface area contributed by atoms with E-state index in [1.165, 1.54) is 0 Å². The molecule has 16 heavy (non-hydrogen) atoms. The molecule has 0 spiro atoms. The largest absolute Gasteiger partial charge is 0.456 e. The minimum atomic E-state index is -0.520. The van der Waals surface area contributed by atoms with Gasteiger partial charge in [-0.25, -0.2) is 8.78 Å². The number of benzene rings is 1. The molecule has 0 bridgehead atoms. The predicted octanol–water partition coefficient (Wildman–Crippen LogP) is 2.99. The first-order valence-corrected chi connectivity index (χ1v) is 5.21. The highest BCUT2D eigenvalue weighted by molar-refractivity contribution is 5.83. The van der Waals surface area contributed by atoms with Crippen LogP contribution >= 0.6 is 0 Å². The fourth-order valence-electron chi connectivity index (χ4n) is 1.92. The fraction of sp³-hybridized carbons (Fsp3) is 0.333. The molecule has 0 aliphatic rings. The van der Waals surface area contributed by atoms with Gasteiger partial charge in [0.15, 0.2) is 11.4 Å². The van der Waals surface area contributed by atoms with Crippen molar-refractivity contribution in [2.24, 2.45) is 0 Å². The van der Waals surface area contributed by atoms with Gasteiger partial charge in [-0.05, 0) is 25.6 Å². The molecule has 4 heteroatoms. The third-order valence-corrected chi connectivity index (χ3v) is 2.61. The molecule has 2 aromatic rings. The summed E-state index contributed by atoms with van der Waals surface area (Å²) in [5.74, 6) is -0.350. The van der Waals surface area contributed by atoms with E-state index in [0.717, 1.165) is 17.7 Å². The van der Waals surface area contributed by atoms with E-state index in [1.54, 1.807) is 7.05 Å². The molecule has 0 atom stereocenters. The molecular formula is C12H13F2NO. The second-order valence-corrected chi connectivity index (χ2v) is 3.62. The van der Waals surface area contributed by atoms with Gasteiger partial charge in [0, 0.05) is 5.56 Å². The van der Waals surface area contributed by atoms with E-state index < -0.39 is 11.6 Å². The van der Waals surface area contributed by atoms with E-state index in [4.69, 9.17) is 4.42 Å². The zero-order valence-electron chi connectivity index (χ0n) is 9.23. The van der Waals surface area contributed by atoms with Gasteiger partial charge >= 0.3 is 0 Å². The van der Waals surface area contributed by atoms with E-state index in [2.05, 4.69) is 5.32 Å². The summed E-state index contributed by atoms with van der Waals surface area (Å²) in [7, 11) is 1.76. The lowest BCUT2D eigenvalue weighted by Crippen LogP contribution is -2.05. The van der Waals surface area contributed by atoms with Crippen molar-refractivity contribution < 1.29 is 13.2 Å². The summed E-state index contributed by atoms with van der Waals surface area (Å²) in [5, 5.41) is 3.19. The van der Waals surface area contributed by atoms with Gasteiger partial charge in [-0.2, -0.15) is 0 Å². The average molecular weight is 225 g/mol. The van der Waals surface area contributed by atoms with Gasteiger partial charge in [-0.3, -0.25) is 0 Å². The number of aryl methyl sites for hydroxylation is 1. The number of nitrogens with one attached hydrogen (secondary N) is 1. The van der Waals surface area contributed by atoms with Crippen LogP contribution in [0.15, 0.2) is 16.5 Å². The fourth-order valence-corrected chi connectivity index (χ4v) is 1.92. The molecule has 1 aromatic heterocycles. The Morgan fingerprint density at radius 3 is 2.56 bits per heavy atom. The molecule has 0 aliphatic carbocycles. The first-order chi connectivity index (χ1) is 7.69. The van der Waals surface area contributed by atoms with Crippen molar-refractivity contribution in [3.8, 4) is 0 Å². The minimum Gasteiger partial charge on any atom is -0.456 e. The van der Waals surface area contributed by atoms with E-state index >= 15 is 0 Å². The molecule has 0 fully saturated rings. The standard InChI is InChI=1S/C12H13F2NO/c1-3-7-10(6-15-2)16-12-9(14)5-4-8(13)11(7)12/h4-5,15H,3,6H2,1-2H3. The van der Waals surface area contributed by atoms with Gasteiger partial charge in [-0.1, -0.05) is 6.92 Å². The molecular weight excluding hydrogens is 212 g/mol. The molecule has 0 amide bonds. The smallest absolute Gasteiger partial charge is 0.173 e. The monoisotopic (exact) mass is 225 g/mol. The molecule has 2 nitrogen and oxygen atoms in total. The number of hydrogen-bond acceptors (Lipinski definition) is 2. The van der Waals surface area contributed by atoms with E-state index in [-0.39, 0.29) is 11.0 Å². The second-order valence-electron chi connectivity index (χ2n) is 3.62. The maximum atomic E-state index is 13.6. The molecule has 2 rings (SSSR count). The highest BCUT2D eigenvalue weighted by Gasteiger charge is 2.18. The first kappa shape index (κ1) is 11.1. The maximum Gasteiger partial charge on any atom is 0.173 e. The molecule has 86 valence electrons. The number of rotatable bonds is 3. The molecule has 0 aliphatic heterocycles. The molecule has 0 saturated carbocycles. The topological polar surface area (TPSA) is 25.2 Å². The van der Waals surface area contributed by atoms with Gasteiger partial charge in [0.05, 0.1) is 11.9 Å². The first-order valence-electron chi connectivity index (χ1n) is 5.21. The van der Waals surface area contributed by atoms with Crippen molar-refractivity contribution in [1.82, 2.24) is 5.32 Å². The predicted molar refractivity (Wildman–Crippen MR) is 58.3 cm³/mol. The van der Waals surface area contributed by atoms with Crippen molar-refractivity contribution in [2.75, 3.05) is 7.05 Å². The summed E-state index contributed by atoms with van der Waals surface area (Å²) in [6.07, 6.45) is 0.615. The summed E-state index contributed by atoms with van der Waals surface area (Å²) >= 11 is 0. The third kappa shape index (κ3) is 1.59. The van der Waals surface area contributed by atoms with Crippen LogP contribution in [0.4, 0.5) is 8.78 Å². The summed E-state index contributed by atoms with van der Waals surface area (Å²) in [6.45, 7) is 2.37. The van der Waals surface area contributed by atoms with Crippen LogP contribution in [0.3, 0.4) is 0 Å². The Balaban J connectivity index is 2.76. The van der Waals surface area contributed by atoms with Crippen LogP contribution in [-0.4, -0.2) is 7.05 Å². The van der Waals surface area contributed by atoms with Crippen LogP contribution in [0.25, 0.3) is 11.0 Å². The second kappa shape index (κ2) is 4.22. The van der Waals surface area contributed by atoms with Crippen molar-refractivity contribution in [3.05, 3.63) is 35.1 Å². The number of hydrogen-bond donors (Lipinski definition) is 1. The van der Waals surface area contributed by atoms with Crippen LogP contribution in [0.1, 0.15) is 18.2 Å². The van der Waals surface area contributed by atoms with E-state index in [0.29, 0.717) is 18.7 Å². The SMILES string of the molecule is CCc1c(CNC)oc2c(F)ccc(F)c12.